The first kappa shape index (κ1) is 24.8. The topological polar surface area (TPSA) is 124 Å². The predicted molar refractivity (Wildman–Crippen MR) is 133 cm³/mol. The Labute approximate surface area is 204 Å². The molecule has 0 saturated carbocycles. The summed E-state index contributed by atoms with van der Waals surface area (Å²) in [5, 5.41) is 4.21. The van der Waals surface area contributed by atoms with Crippen molar-refractivity contribution in [3.8, 4) is 0 Å². The van der Waals surface area contributed by atoms with Gasteiger partial charge in [0, 0.05) is 6.54 Å². The van der Waals surface area contributed by atoms with Gasteiger partial charge in [-0.1, -0.05) is 60.6 Å². The zero-order valence-corrected chi connectivity index (χ0v) is 20.6. The first-order valence-electron chi connectivity index (χ1n) is 11.6. The van der Waals surface area contributed by atoms with E-state index in [0.29, 0.717) is 36.3 Å². The van der Waals surface area contributed by atoms with Crippen molar-refractivity contribution < 1.29 is 12.9 Å². The average Bonchev–Trinajstić information content (AvgIpc) is 3.25. The lowest BCUT2D eigenvalue weighted by Gasteiger charge is -2.31. The molecule has 2 N–H and O–H groups in total. The average molecular weight is 496 g/mol. The highest BCUT2D eigenvalue weighted by Crippen LogP contribution is 2.30. The highest BCUT2D eigenvalue weighted by Gasteiger charge is 2.34. The molecule has 9 nitrogen and oxygen atoms in total. The number of benzene rings is 2. The largest absolute Gasteiger partial charge is 0.335 e. The first-order chi connectivity index (χ1) is 16.9. The molecule has 184 valence electrons. The van der Waals surface area contributed by atoms with E-state index in [0.717, 1.165) is 5.56 Å². The van der Waals surface area contributed by atoms with E-state index in [1.54, 1.807) is 37.3 Å². The van der Waals surface area contributed by atoms with Crippen LogP contribution in [0.5, 0.6) is 0 Å². The molecule has 1 unspecified atom stereocenters. The predicted octanol–water partition coefficient (Wildman–Crippen LogP) is 3.23. The van der Waals surface area contributed by atoms with Crippen molar-refractivity contribution in [3.63, 3.8) is 0 Å². The molecule has 0 spiro atoms. The molecule has 0 saturated heterocycles. The third-order valence-electron chi connectivity index (χ3n) is 5.94. The lowest BCUT2D eigenvalue weighted by atomic mass is 10.1. The molecule has 4 aromatic rings. The van der Waals surface area contributed by atoms with Crippen LogP contribution in [-0.2, 0) is 16.6 Å². The summed E-state index contributed by atoms with van der Waals surface area (Å²) in [6.45, 7) is 4.29. The van der Waals surface area contributed by atoms with Crippen molar-refractivity contribution >= 4 is 21.1 Å². The molecule has 0 amide bonds. The molecule has 4 rings (SSSR count). The molecular formula is C25H29N5O4S. The van der Waals surface area contributed by atoms with E-state index < -0.39 is 16.1 Å². The summed E-state index contributed by atoms with van der Waals surface area (Å²) >= 11 is 0. The van der Waals surface area contributed by atoms with Crippen LogP contribution in [0.2, 0.25) is 0 Å². The highest BCUT2D eigenvalue weighted by molar-refractivity contribution is 7.89. The summed E-state index contributed by atoms with van der Waals surface area (Å²) in [4.78, 5) is 18.5. The molecule has 0 radical (unpaired) electrons. The summed E-state index contributed by atoms with van der Waals surface area (Å²) in [5.41, 5.74) is 6.87. The number of nitrogens with two attached hydrogens (primary N) is 1. The van der Waals surface area contributed by atoms with Crippen molar-refractivity contribution in [1.82, 2.24) is 19.0 Å². The number of fused-ring (bicyclic) bond motifs is 1. The summed E-state index contributed by atoms with van der Waals surface area (Å²) < 4.78 is 35.8. The quantitative estimate of drug-likeness (QED) is 0.358. The van der Waals surface area contributed by atoms with Crippen LogP contribution in [0.15, 0.2) is 74.9 Å². The van der Waals surface area contributed by atoms with Gasteiger partial charge >= 0.3 is 0 Å². The number of nitrogens with zero attached hydrogens (tertiary/aromatic N) is 4. The van der Waals surface area contributed by atoms with Gasteiger partial charge in [-0.3, -0.25) is 9.36 Å². The van der Waals surface area contributed by atoms with Crippen LogP contribution in [0.1, 0.15) is 42.9 Å². The van der Waals surface area contributed by atoms with Crippen molar-refractivity contribution in [1.29, 1.82) is 0 Å². The van der Waals surface area contributed by atoms with Gasteiger partial charge in [-0.15, -0.1) is 0 Å². The normalized spacial score (nSPS) is 12.9. The zero-order valence-electron chi connectivity index (χ0n) is 19.8. The second-order valence-corrected chi connectivity index (χ2v) is 10.2. The Hall–Kier alpha value is -3.34. The van der Waals surface area contributed by atoms with Gasteiger partial charge in [-0.25, -0.2) is 8.42 Å². The number of aromatic nitrogens is 3. The molecule has 0 aliphatic carbocycles. The minimum absolute atomic E-state index is 0.0983. The van der Waals surface area contributed by atoms with Crippen LogP contribution in [0.25, 0.3) is 11.1 Å². The van der Waals surface area contributed by atoms with E-state index in [4.69, 9.17) is 10.3 Å². The Bertz CT molecular complexity index is 1450. The Morgan fingerprint density at radius 3 is 2.37 bits per heavy atom. The fraction of sp³-hybridized carbons (Fsp3) is 0.320. The van der Waals surface area contributed by atoms with Gasteiger partial charge in [0.1, 0.15) is 11.2 Å². The molecule has 0 aliphatic heterocycles. The van der Waals surface area contributed by atoms with E-state index in [1.165, 1.54) is 8.87 Å². The van der Waals surface area contributed by atoms with Gasteiger partial charge in [-0.05, 0) is 44.0 Å². The third kappa shape index (κ3) is 4.90. The molecule has 2 aromatic heterocycles. The Morgan fingerprint density at radius 2 is 1.74 bits per heavy atom. The van der Waals surface area contributed by atoms with Crippen molar-refractivity contribution in [2.24, 2.45) is 5.73 Å². The first-order valence-corrected chi connectivity index (χ1v) is 13.0. The summed E-state index contributed by atoms with van der Waals surface area (Å²) in [5.74, 6) is 0.307. The van der Waals surface area contributed by atoms with Crippen LogP contribution in [0.4, 0.5) is 0 Å². The molecule has 1 atom stereocenters. The van der Waals surface area contributed by atoms with E-state index in [1.807, 2.05) is 37.3 Å². The maximum atomic E-state index is 13.8. The van der Waals surface area contributed by atoms with Gasteiger partial charge in [0.2, 0.25) is 10.0 Å². The minimum atomic E-state index is -3.91. The maximum Gasteiger partial charge on any atom is 0.267 e. The minimum Gasteiger partial charge on any atom is -0.335 e. The van der Waals surface area contributed by atoms with Crippen molar-refractivity contribution in [2.45, 2.75) is 44.2 Å². The molecule has 0 aliphatic rings. The molecular weight excluding hydrogens is 466 g/mol. The summed E-state index contributed by atoms with van der Waals surface area (Å²) in [6.07, 6.45) is 0.839. The number of rotatable bonds is 10. The molecule has 0 fully saturated rings. The number of sulfonamides is 1. The monoisotopic (exact) mass is 495 g/mol. The van der Waals surface area contributed by atoms with Crippen LogP contribution in [0, 0.1) is 6.92 Å². The van der Waals surface area contributed by atoms with Gasteiger partial charge in [-0.2, -0.15) is 9.29 Å². The maximum absolute atomic E-state index is 13.8. The molecule has 2 heterocycles. The lowest BCUT2D eigenvalue weighted by Crippen LogP contribution is -2.40. The molecule has 10 heteroatoms. The van der Waals surface area contributed by atoms with Crippen molar-refractivity contribution in [2.75, 3.05) is 13.1 Å². The fourth-order valence-corrected chi connectivity index (χ4v) is 5.91. The fourth-order valence-electron chi connectivity index (χ4n) is 4.19. The van der Waals surface area contributed by atoms with Gasteiger partial charge in [0.05, 0.1) is 23.2 Å². The number of hydrogen-bond donors (Lipinski definition) is 1. The van der Waals surface area contributed by atoms with Gasteiger partial charge < -0.3 is 10.3 Å². The Morgan fingerprint density at radius 1 is 1.09 bits per heavy atom. The van der Waals surface area contributed by atoms with Crippen LogP contribution >= 0.6 is 0 Å². The van der Waals surface area contributed by atoms with Crippen LogP contribution < -0.4 is 11.3 Å². The highest BCUT2D eigenvalue weighted by atomic mass is 32.2. The zero-order chi connectivity index (χ0) is 25.0. The molecule has 35 heavy (non-hydrogen) atoms. The molecule has 0 bridgehead atoms. The second-order valence-electron chi connectivity index (χ2n) is 8.29. The van der Waals surface area contributed by atoms with Gasteiger partial charge in [0.15, 0.2) is 0 Å². The second kappa shape index (κ2) is 10.5. The number of aryl methyl sites for hydroxylation is 1. The van der Waals surface area contributed by atoms with E-state index in [9.17, 15) is 13.2 Å². The molecule has 2 aromatic carbocycles. The Kier molecular flexibility index (Phi) is 7.44. The van der Waals surface area contributed by atoms with E-state index in [2.05, 4.69) is 10.1 Å². The van der Waals surface area contributed by atoms with E-state index >= 15 is 0 Å². The standard InChI is InChI=1S/C25H29N5O4S/c1-3-21(30(16-10-15-26)35(32,33)20-13-8-5-9-14-20)23-27-24-22(18(2)28-34-24)25(31)29(23)17-19-11-6-4-7-12-19/h4-9,11-14,21H,3,10,15-17,26H2,1-2H3. The smallest absolute Gasteiger partial charge is 0.267 e. The number of hydrogen-bond acceptors (Lipinski definition) is 7. The summed E-state index contributed by atoms with van der Waals surface area (Å²) in [6, 6.07) is 17.0. The third-order valence-corrected chi connectivity index (χ3v) is 7.87. The Balaban J connectivity index is 1.92. The lowest BCUT2D eigenvalue weighted by molar-refractivity contribution is 0.293. The van der Waals surface area contributed by atoms with Gasteiger partial charge in [0.25, 0.3) is 11.3 Å². The SMILES string of the molecule is CCC(c1nc2onc(C)c2c(=O)n1Cc1ccccc1)N(CCCN)S(=O)(=O)c1ccccc1. The van der Waals surface area contributed by atoms with Crippen LogP contribution in [-0.4, -0.2) is 40.5 Å². The van der Waals surface area contributed by atoms with Crippen LogP contribution in [0.3, 0.4) is 0 Å². The van der Waals surface area contributed by atoms with E-state index in [-0.39, 0.29) is 29.3 Å². The summed E-state index contributed by atoms with van der Waals surface area (Å²) in [7, 11) is -3.91. The van der Waals surface area contributed by atoms with Crippen molar-refractivity contribution in [3.05, 3.63) is 88.1 Å².